The van der Waals surface area contributed by atoms with Crippen LogP contribution in [0.2, 0.25) is 0 Å². The molecule has 4 aromatic rings. The molecule has 9 heteroatoms. The van der Waals surface area contributed by atoms with Crippen LogP contribution in [0.5, 0.6) is 0 Å². The number of nitrogens with zero attached hydrogens (tertiary/aromatic N) is 2. The van der Waals surface area contributed by atoms with Crippen molar-refractivity contribution < 1.29 is 22.2 Å². The van der Waals surface area contributed by atoms with Gasteiger partial charge in [-0.3, -0.25) is 0 Å². The van der Waals surface area contributed by atoms with Gasteiger partial charge in [0.25, 0.3) is 10.0 Å². The third-order valence-electron chi connectivity index (χ3n) is 5.15. The fourth-order valence-corrected chi connectivity index (χ4v) is 5.58. The summed E-state index contributed by atoms with van der Waals surface area (Å²) < 4.78 is 49.6. The first-order valence-corrected chi connectivity index (χ1v) is 13.4. The lowest BCUT2D eigenvalue weighted by Gasteiger charge is -2.13. The topological polar surface area (TPSA) is 94.8 Å². The molecule has 0 aliphatic heterocycles. The van der Waals surface area contributed by atoms with Gasteiger partial charge in [0.1, 0.15) is 11.0 Å². The summed E-state index contributed by atoms with van der Waals surface area (Å²) in [5.74, 6) is -0.765. The maximum Gasteiger partial charge on any atom is 0.356 e. The van der Waals surface area contributed by atoms with Gasteiger partial charge in [-0.1, -0.05) is 60.7 Å². The smallest absolute Gasteiger partial charge is 0.356 e. The molecule has 0 amide bonds. The average Bonchev–Trinajstić information content (AvgIpc) is 3.19. The lowest BCUT2D eigenvalue weighted by molar-refractivity contribution is 0.0519. The summed E-state index contributed by atoms with van der Waals surface area (Å²) in [5.41, 5.74) is 1.79. The van der Waals surface area contributed by atoms with Crippen LogP contribution in [-0.2, 0) is 25.7 Å². The number of hydrogen-bond acceptors (Lipinski definition) is 5. The van der Waals surface area contributed by atoms with Crippen LogP contribution in [-0.4, -0.2) is 41.6 Å². The quantitative estimate of drug-likeness (QED) is 0.280. The summed E-state index contributed by atoms with van der Waals surface area (Å²) in [7, 11) is -5.58. The van der Waals surface area contributed by atoms with E-state index in [0.717, 1.165) is 3.97 Å². The summed E-state index contributed by atoms with van der Waals surface area (Å²) in [4.78, 5) is 13.3. The Morgan fingerprint density at radius 2 is 1.65 bits per heavy atom. The van der Waals surface area contributed by atoms with Gasteiger partial charge in [0, 0.05) is 29.0 Å². The van der Waals surface area contributed by atoms with E-state index in [1.165, 1.54) is 24.6 Å². The number of ether oxygens (including phenoxy) is 1. The number of fused-ring (bicyclic) bond motifs is 1. The van der Waals surface area contributed by atoms with Crippen LogP contribution >= 0.6 is 0 Å². The standard InChI is InChI=1S/C25H22N2O5S2/c1-3-32-25(28)24-23(20-14-8-7-11-18(20)17-26-33(2)29)21-15-9-10-16-22(21)27(24)34(30,31)19-12-5-4-6-13-19/h4-17H,3H2,1-2H3/b26-17-/t33-/m0/s1. The Hall–Kier alpha value is -3.56. The highest BCUT2D eigenvalue weighted by Crippen LogP contribution is 2.39. The van der Waals surface area contributed by atoms with Gasteiger partial charge < -0.3 is 4.74 Å². The molecule has 1 atom stereocenters. The molecule has 0 aliphatic rings. The highest BCUT2D eigenvalue weighted by molar-refractivity contribution is 7.90. The number of carbonyl (C=O) groups excluding carboxylic acids is 1. The molecule has 0 bridgehead atoms. The van der Waals surface area contributed by atoms with Gasteiger partial charge in [0.15, 0.2) is 5.69 Å². The molecule has 3 aromatic carbocycles. The highest BCUT2D eigenvalue weighted by Gasteiger charge is 2.32. The summed E-state index contributed by atoms with van der Waals surface area (Å²) >= 11 is 0. The van der Waals surface area contributed by atoms with Crippen molar-refractivity contribution in [3.05, 3.63) is 90.1 Å². The van der Waals surface area contributed by atoms with Crippen molar-refractivity contribution in [2.45, 2.75) is 11.8 Å². The first kappa shape index (κ1) is 23.6. The average molecular weight is 495 g/mol. The molecule has 1 aromatic heterocycles. The van der Waals surface area contributed by atoms with Crippen molar-refractivity contribution in [1.82, 2.24) is 3.97 Å². The summed E-state index contributed by atoms with van der Waals surface area (Å²) in [5, 5.41) is 0.559. The van der Waals surface area contributed by atoms with E-state index in [4.69, 9.17) is 4.74 Å². The van der Waals surface area contributed by atoms with E-state index < -0.39 is 27.0 Å². The number of hydrogen-bond donors (Lipinski definition) is 0. The van der Waals surface area contributed by atoms with E-state index in [9.17, 15) is 17.4 Å². The van der Waals surface area contributed by atoms with Gasteiger partial charge >= 0.3 is 5.97 Å². The lowest BCUT2D eigenvalue weighted by Crippen LogP contribution is -2.20. The molecule has 1 heterocycles. The van der Waals surface area contributed by atoms with Crippen LogP contribution in [0.3, 0.4) is 0 Å². The maximum absolute atomic E-state index is 13.8. The Bertz CT molecular complexity index is 1520. The molecule has 0 spiro atoms. The van der Waals surface area contributed by atoms with Gasteiger partial charge in [0.2, 0.25) is 0 Å². The monoisotopic (exact) mass is 494 g/mol. The van der Waals surface area contributed by atoms with Crippen LogP contribution in [0.15, 0.2) is 88.2 Å². The zero-order chi connectivity index (χ0) is 24.3. The predicted octanol–water partition coefficient (Wildman–Crippen LogP) is 4.43. The first-order valence-electron chi connectivity index (χ1n) is 10.4. The Morgan fingerprint density at radius 1 is 1.00 bits per heavy atom. The fraction of sp³-hybridized carbons (Fsp3) is 0.120. The van der Waals surface area contributed by atoms with Crippen LogP contribution < -0.4 is 0 Å². The van der Waals surface area contributed by atoms with E-state index in [1.807, 2.05) is 0 Å². The zero-order valence-corrected chi connectivity index (χ0v) is 20.2. The van der Waals surface area contributed by atoms with Gasteiger partial charge in [0.05, 0.1) is 17.0 Å². The van der Waals surface area contributed by atoms with Gasteiger partial charge in [-0.15, -0.1) is 0 Å². The van der Waals surface area contributed by atoms with Crippen molar-refractivity contribution in [1.29, 1.82) is 0 Å². The minimum Gasteiger partial charge on any atom is -0.461 e. The van der Waals surface area contributed by atoms with Gasteiger partial charge in [-0.05, 0) is 30.7 Å². The van der Waals surface area contributed by atoms with Crippen molar-refractivity contribution in [2.24, 2.45) is 4.40 Å². The second-order valence-corrected chi connectivity index (χ2v) is 10.1. The molecule has 0 saturated carbocycles. The highest BCUT2D eigenvalue weighted by atomic mass is 32.2. The first-order chi connectivity index (χ1) is 16.4. The van der Waals surface area contributed by atoms with E-state index in [0.29, 0.717) is 27.6 Å². The summed E-state index contributed by atoms with van der Waals surface area (Å²) in [6.45, 7) is 1.73. The maximum atomic E-state index is 13.8. The number of rotatable bonds is 7. The molecule has 0 N–H and O–H groups in total. The normalized spacial score (nSPS) is 12.8. The zero-order valence-electron chi connectivity index (χ0n) is 18.5. The van der Waals surface area contributed by atoms with Crippen molar-refractivity contribution in [2.75, 3.05) is 12.9 Å². The van der Waals surface area contributed by atoms with Crippen LogP contribution in [0.1, 0.15) is 23.0 Å². The molecule has 0 saturated heterocycles. The largest absolute Gasteiger partial charge is 0.461 e. The SMILES string of the molecule is CCOC(=O)c1c(-c2ccccc2/C=N\[S@](C)=O)c2ccccc2n1S(=O)(=O)c1ccccc1. The lowest BCUT2D eigenvalue weighted by atomic mass is 9.97. The Morgan fingerprint density at radius 3 is 2.35 bits per heavy atom. The minimum absolute atomic E-state index is 0.0454. The number of para-hydroxylation sites is 1. The van der Waals surface area contributed by atoms with Crippen LogP contribution in [0, 0.1) is 0 Å². The molecular formula is C25H22N2O5S2. The number of carbonyl (C=O) groups is 1. The molecule has 4 rings (SSSR count). The second-order valence-electron chi connectivity index (χ2n) is 7.29. The van der Waals surface area contributed by atoms with E-state index in [2.05, 4.69) is 4.40 Å². The van der Waals surface area contributed by atoms with Crippen molar-refractivity contribution in [3.63, 3.8) is 0 Å². The van der Waals surface area contributed by atoms with E-state index in [-0.39, 0.29) is 17.2 Å². The molecule has 7 nitrogen and oxygen atoms in total. The Balaban J connectivity index is 2.15. The van der Waals surface area contributed by atoms with Gasteiger partial charge in [-0.25, -0.2) is 21.4 Å². The number of benzene rings is 3. The second kappa shape index (κ2) is 9.74. The van der Waals surface area contributed by atoms with Crippen molar-refractivity contribution in [3.8, 4) is 11.1 Å². The third-order valence-corrected chi connectivity index (χ3v) is 7.28. The Labute approximate surface area is 200 Å². The molecule has 0 radical (unpaired) electrons. The summed E-state index contributed by atoms with van der Waals surface area (Å²) in [6.07, 6.45) is 2.90. The summed E-state index contributed by atoms with van der Waals surface area (Å²) in [6, 6.07) is 21.9. The van der Waals surface area contributed by atoms with E-state index in [1.54, 1.807) is 73.7 Å². The van der Waals surface area contributed by atoms with Crippen LogP contribution in [0.4, 0.5) is 0 Å². The van der Waals surface area contributed by atoms with Crippen molar-refractivity contribution >= 4 is 44.1 Å². The fourth-order valence-electron chi connectivity index (χ4n) is 3.78. The van der Waals surface area contributed by atoms with Gasteiger partial charge in [-0.2, -0.15) is 4.40 Å². The molecule has 34 heavy (non-hydrogen) atoms. The number of esters is 1. The number of aromatic nitrogens is 1. The molecular weight excluding hydrogens is 472 g/mol. The molecule has 0 unspecified atom stereocenters. The Kier molecular flexibility index (Phi) is 6.76. The minimum atomic E-state index is -4.15. The molecule has 0 fully saturated rings. The van der Waals surface area contributed by atoms with E-state index >= 15 is 0 Å². The molecule has 0 aliphatic carbocycles. The third kappa shape index (κ3) is 4.32. The predicted molar refractivity (Wildman–Crippen MR) is 134 cm³/mol. The van der Waals surface area contributed by atoms with Crippen LogP contribution in [0.25, 0.3) is 22.0 Å². The molecule has 174 valence electrons.